The third-order valence-corrected chi connectivity index (χ3v) is 4.09. The van der Waals surface area contributed by atoms with Crippen molar-refractivity contribution in [3.05, 3.63) is 36.0 Å². The van der Waals surface area contributed by atoms with Crippen LogP contribution in [0, 0.1) is 0 Å². The van der Waals surface area contributed by atoms with Crippen molar-refractivity contribution < 1.29 is 9.90 Å². The number of nitrogens with zero attached hydrogens (tertiary/aromatic N) is 2. The van der Waals surface area contributed by atoms with E-state index in [2.05, 4.69) is 25.8 Å². The predicted octanol–water partition coefficient (Wildman–Crippen LogP) is 3.56. The molecule has 1 aromatic carbocycles. The van der Waals surface area contributed by atoms with Crippen molar-refractivity contribution in [3.8, 4) is 0 Å². The number of para-hydroxylation sites is 1. The van der Waals surface area contributed by atoms with Gasteiger partial charge < -0.3 is 10.0 Å². The minimum absolute atomic E-state index is 0.131. The van der Waals surface area contributed by atoms with E-state index in [1.807, 2.05) is 36.2 Å². The van der Waals surface area contributed by atoms with E-state index in [1.54, 1.807) is 0 Å². The molecule has 0 bridgehead atoms. The molecule has 0 saturated carbocycles. The highest BCUT2D eigenvalue weighted by Gasteiger charge is 2.27. The second-order valence-electron chi connectivity index (χ2n) is 5.57. The van der Waals surface area contributed by atoms with Gasteiger partial charge in [0.15, 0.2) is 0 Å². The molecule has 20 heavy (non-hydrogen) atoms. The zero-order chi connectivity index (χ0) is 14.9. The number of rotatable bonds is 4. The van der Waals surface area contributed by atoms with Gasteiger partial charge in [0.1, 0.15) is 5.56 Å². The summed E-state index contributed by atoms with van der Waals surface area (Å²) in [5.74, 6) is -0.947. The largest absolute Gasteiger partial charge is 0.478 e. The van der Waals surface area contributed by atoms with E-state index in [0.29, 0.717) is 0 Å². The lowest BCUT2D eigenvalue weighted by Crippen LogP contribution is -2.41. The lowest BCUT2D eigenvalue weighted by molar-refractivity contribution is 0.0697. The van der Waals surface area contributed by atoms with Gasteiger partial charge in [-0.05, 0) is 26.3 Å². The molecule has 2 aromatic rings. The Hall–Kier alpha value is -2.10. The molecule has 2 rings (SSSR count). The Kier molecular flexibility index (Phi) is 3.66. The van der Waals surface area contributed by atoms with Crippen LogP contribution in [0.5, 0.6) is 0 Å². The number of anilines is 1. The minimum Gasteiger partial charge on any atom is -0.478 e. The number of pyridine rings is 1. The third kappa shape index (κ3) is 2.33. The molecule has 4 heteroatoms. The highest BCUT2D eigenvalue weighted by molar-refractivity contribution is 6.04. The molecular formula is C16H20N2O2. The number of benzene rings is 1. The van der Waals surface area contributed by atoms with E-state index in [0.717, 1.165) is 23.0 Å². The molecule has 0 radical (unpaired) electrons. The Morgan fingerprint density at radius 2 is 2.00 bits per heavy atom. The van der Waals surface area contributed by atoms with Crippen LogP contribution in [0.1, 0.15) is 37.6 Å². The van der Waals surface area contributed by atoms with Crippen molar-refractivity contribution in [3.63, 3.8) is 0 Å². The van der Waals surface area contributed by atoms with Crippen LogP contribution >= 0.6 is 0 Å². The van der Waals surface area contributed by atoms with Crippen LogP contribution in [-0.4, -0.2) is 28.6 Å². The van der Waals surface area contributed by atoms with Crippen LogP contribution in [0.25, 0.3) is 10.9 Å². The monoisotopic (exact) mass is 272 g/mol. The van der Waals surface area contributed by atoms with Gasteiger partial charge in [-0.15, -0.1) is 0 Å². The topological polar surface area (TPSA) is 53.4 Å². The molecular weight excluding hydrogens is 252 g/mol. The summed E-state index contributed by atoms with van der Waals surface area (Å²) in [5, 5.41) is 10.3. The Labute approximate surface area is 119 Å². The van der Waals surface area contributed by atoms with E-state index in [9.17, 15) is 9.90 Å². The molecule has 1 heterocycles. The quantitative estimate of drug-likeness (QED) is 0.924. The first-order chi connectivity index (χ1) is 9.38. The molecule has 0 spiro atoms. The van der Waals surface area contributed by atoms with Gasteiger partial charge in [0.25, 0.3) is 0 Å². The van der Waals surface area contributed by atoms with Crippen molar-refractivity contribution in [2.24, 2.45) is 0 Å². The number of hydrogen-bond acceptors (Lipinski definition) is 3. The van der Waals surface area contributed by atoms with Crippen molar-refractivity contribution in [1.29, 1.82) is 0 Å². The zero-order valence-corrected chi connectivity index (χ0v) is 12.3. The van der Waals surface area contributed by atoms with Crippen LogP contribution in [-0.2, 0) is 0 Å². The summed E-state index contributed by atoms with van der Waals surface area (Å²) >= 11 is 0. The van der Waals surface area contributed by atoms with Crippen LogP contribution in [0.2, 0.25) is 0 Å². The van der Waals surface area contributed by atoms with Gasteiger partial charge in [-0.1, -0.05) is 25.1 Å². The highest BCUT2D eigenvalue weighted by atomic mass is 16.4. The lowest BCUT2D eigenvalue weighted by Gasteiger charge is -2.38. The summed E-state index contributed by atoms with van der Waals surface area (Å²) in [6, 6.07) is 7.64. The summed E-state index contributed by atoms with van der Waals surface area (Å²) in [4.78, 5) is 17.8. The van der Waals surface area contributed by atoms with Gasteiger partial charge in [0.05, 0.1) is 11.2 Å². The van der Waals surface area contributed by atoms with E-state index in [1.165, 1.54) is 6.20 Å². The van der Waals surface area contributed by atoms with Gasteiger partial charge in [-0.2, -0.15) is 0 Å². The first-order valence-electron chi connectivity index (χ1n) is 6.73. The molecule has 1 aromatic heterocycles. The first-order valence-corrected chi connectivity index (χ1v) is 6.73. The summed E-state index contributed by atoms with van der Waals surface area (Å²) in [7, 11) is 1.94. The highest BCUT2D eigenvalue weighted by Crippen LogP contribution is 2.34. The number of aromatic nitrogens is 1. The fraction of sp³-hybridized carbons (Fsp3) is 0.375. The number of carbonyl (C=O) groups is 1. The fourth-order valence-electron chi connectivity index (χ4n) is 2.18. The molecule has 0 aliphatic carbocycles. The zero-order valence-electron chi connectivity index (χ0n) is 12.3. The number of fused-ring (bicyclic) bond motifs is 1. The number of aromatic carboxylic acids is 1. The fourth-order valence-corrected chi connectivity index (χ4v) is 2.18. The lowest BCUT2D eigenvalue weighted by atomic mass is 9.97. The summed E-state index contributed by atoms with van der Waals surface area (Å²) in [6.45, 7) is 6.31. The number of hydrogen-bond donors (Lipinski definition) is 1. The van der Waals surface area contributed by atoms with E-state index in [-0.39, 0.29) is 11.1 Å². The third-order valence-electron chi connectivity index (χ3n) is 4.09. The molecule has 0 unspecified atom stereocenters. The number of carboxylic acids is 1. The molecule has 4 nitrogen and oxygen atoms in total. The predicted molar refractivity (Wildman–Crippen MR) is 81.5 cm³/mol. The van der Waals surface area contributed by atoms with E-state index >= 15 is 0 Å². The van der Waals surface area contributed by atoms with Crippen molar-refractivity contribution in [2.45, 2.75) is 32.7 Å². The average molecular weight is 272 g/mol. The van der Waals surface area contributed by atoms with E-state index in [4.69, 9.17) is 0 Å². The Morgan fingerprint density at radius 1 is 1.35 bits per heavy atom. The Bertz CT molecular complexity index is 650. The van der Waals surface area contributed by atoms with Crippen LogP contribution in [0.3, 0.4) is 0 Å². The van der Waals surface area contributed by atoms with E-state index < -0.39 is 5.97 Å². The maximum Gasteiger partial charge on any atom is 0.339 e. The molecule has 0 saturated heterocycles. The van der Waals surface area contributed by atoms with Crippen LogP contribution in [0.15, 0.2) is 30.5 Å². The molecule has 0 amide bonds. The smallest absolute Gasteiger partial charge is 0.339 e. The molecule has 0 atom stereocenters. The van der Waals surface area contributed by atoms with Crippen molar-refractivity contribution in [2.75, 3.05) is 11.9 Å². The van der Waals surface area contributed by atoms with Crippen LogP contribution < -0.4 is 4.90 Å². The second-order valence-corrected chi connectivity index (χ2v) is 5.57. The SMILES string of the molecule is CCC(C)(C)N(C)c1c(C(=O)O)cnc2ccccc12. The Balaban J connectivity index is 2.76. The second kappa shape index (κ2) is 5.12. The van der Waals surface area contributed by atoms with Gasteiger partial charge >= 0.3 is 5.97 Å². The molecule has 0 aliphatic heterocycles. The van der Waals surface area contributed by atoms with Gasteiger partial charge in [-0.3, -0.25) is 4.98 Å². The molecule has 1 N–H and O–H groups in total. The average Bonchev–Trinajstić information content (AvgIpc) is 2.45. The Morgan fingerprint density at radius 3 is 2.60 bits per heavy atom. The standard InChI is InChI=1S/C16H20N2O2/c1-5-16(2,3)18(4)14-11-8-6-7-9-13(11)17-10-12(14)15(19)20/h6-10H,5H2,1-4H3,(H,19,20). The summed E-state index contributed by atoms with van der Waals surface area (Å²) in [5.41, 5.74) is 1.66. The molecule has 106 valence electrons. The number of carboxylic acid groups (broad SMARTS) is 1. The van der Waals surface area contributed by atoms with Gasteiger partial charge in [-0.25, -0.2) is 4.79 Å². The van der Waals surface area contributed by atoms with Crippen molar-refractivity contribution in [1.82, 2.24) is 4.98 Å². The minimum atomic E-state index is -0.947. The van der Waals surface area contributed by atoms with Gasteiger partial charge in [0, 0.05) is 24.2 Å². The van der Waals surface area contributed by atoms with Crippen molar-refractivity contribution >= 4 is 22.6 Å². The molecule has 0 aliphatic rings. The van der Waals surface area contributed by atoms with Gasteiger partial charge in [0.2, 0.25) is 0 Å². The normalized spacial score (nSPS) is 11.6. The first kappa shape index (κ1) is 14.3. The molecule has 0 fully saturated rings. The maximum atomic E-state index is 11.5. The maximum absolute atomic E-state index is 11.5. The summed E-state index contributed by atoms with van der Waals surface area (Å²) in [6.07, 6.45) is 2.36. The summed E-state index contributed by atoms with van der Waals surface area (Å²) < 4.78 is 0. The van der Waals surface area contributed by atoms with Crippen LogP contribution in [0.4, 0.5) is 5.69 Å².